The van der Waals surface area contributed by atoms with E-state index in [1.807, 2.05) is 55.5 Å². The van der Waals surface area contributed by atoms with Crippen molar-refractivity contribution in [2.75, 3.05) is 0 Å². The maximum atomic E-state index is 9.15. The van der Waals surface area contributed by atoms with E-state index in [0.29, 0.717) is 17.1 Å². The standard InChI is InChI=1S/C17H12N2O/c1-12-6-7-17(14(8-12)10-18)20-15-9-13-4-2-3-5-16(13)19-11-15/h2-9,11H,1H3. The van der Waals surface area contributed by atoms with Crippen molar-refractivity contribution in [2.45, 2.75) is 6.92 Å². The predicted molar refractivity (Wildman–Crippen MR) is 77.7 cm³/mol. The molecule has 0 spiro atoms. The molecule has 3 aromatic rings. The van der Waals surface area contributed by atoms with E-state index in [1.54, 1.807) is 6.20 Å². The van der Waals surface area contributed by atoms with Crippen LogP contribution in [0.4, 0.5) is 0 Å². The molecule has 0 radical (unpaired) electrons. The summed E-state index contributed by atoms with van der Waals surface area (Å²) < 4.78 is 5.78. The molecule has 0 saturated heterocycles. The van der Waals surface area contributed by atoms with E-state index >= 15 is 0 Å². The number of nitrogens with zero attached hydrogens (tertiary/aromatic N) is 2. The number of aryl methyl sites for hydroxylation is 1. The van der Waals surface area contributed by atoms with Crippen molar-refractivity contribution in [3.63, 3.8) is 0 Å². The summed E-state index contributed by atoms with van der Waals surface area (Å²) in [6.07, 6.45) is 1.67. The fourth-order valence-electron chi connectivity index (χ4n) is 2.05. The lowest BCUT2D eigenvalue weighted by Gasteiger charge is -2.08. The molecule has 3 nitrogen and oxygen atoms in total. The molecule has 2 aromatic carbocycles. The van der Waals surface area contributed by atoms with E-state index in [-0.39, 0.29) is 0 Å². The van der Waals surface area contributed by atoms with E-state index in [4.69, 9.17) is 10.00 Å². The Bertz CT molecular complexity index is 819. The summed E-state index contributed by atoms with van der Waals surface area (Å²) in [7, 11) is 0. The fourth-order valence-corrected chi connectivity index (χ4v) is 2.05. The van der Waals surface area contributed by atoms with Crippen molar-refractivity contribution >= 4 is 10.9 Å². The highest BCUT2D eigenvalue weighted by Gasteiger charge is 2.06. The van der Waals surface area contributed by atoms with Crippen LogP contribution >= 0.6 is 0 Å². The monoisotopic (exact) mass is 260 g/mol. The van der Waals surface area contributed by atoms with Crippen molar-refractivity contribution in [2.24, 2.45) is 0 Å². The smallest absolute Gasteiger partial charge is 0.146 e. The van der Waals surface area contributed by atoms with Crippen LogP contribution in [0.2, 0.25) is 0 Å². The lowest BCUT2D eigenvalue weighted by Crippen LogP contribution is -1.90. The Morgan fingerprint density at radius 1 is 1.10 bits per heavy atom. The zero-order valence-electron chi connectivity index (χ0n) is 11.0. The fraction of sp³-hybridized carbons (Fsp3) is 0.0588. The van der Waals surface area contributed by atoms with Crippen LogP contribution in [0.15, 0.2) is 54.7 Å². The molecule has 0 unspecified atom stereocenters. The molecule has 3 heteroatoms. The van der Waals surface area contributed by atoms with Gasteiger partial charge in [0.2, 0.25) is 0 Å². The van der Waals surface area contributed by atoms with Gasteiger partial charge in [-0.05, 0) is 36.8 Å². The summed E-state index contributed by atoms with van der Waals surface area (Å²) in [5.41, 5.74) is 2.48. The van der Waals surface area contributed by atoms with Gasteiger partial charge in [-0.25, -0.2) is 0 Å². The number of hydrogen-bond donors (Lipinski definition) is 0. The highest BCUT2D eigenvalue weighted by molar-refractivity contribution is 5.79. The maximum absolute atomic E-state index is 9.15. The first-order valence-electron chi connectivity index (χ1n) is 6.30. The van der Waals surface area contributed by atoms with Gasteiger partial charge in [-0.2, -0.15) is 5.26 Å². The molecule has 0 bridgehead atoms. The van der Waals surface area contributed by atoms with Crippen molar-refractivity contribution in [1.29, 1.82) is 5.26 Å². The van der Waals surface area contributed by atoms with Crippen LogP contribution < -0.4 is 4.74 Å². The minimum Gasteiger partial charge on any atom is -0.454 e. The Morgan fingerprint density at radius 2 is 1.95 bits per heavy atom. The normalized spacial score (nSPS) is 10.2. The molecule has 0 aliphatic heterocycles. The number of nitriles is 1. The van der Waals surface area contributed by atoms with Crippen molar-refractivity contribution in [1.82, 2.24) is 4.98 Å². The van der Waals surface area contributed by atoms with Crippen LogP contribution in [0.25, 0.3) is 10.9 Å². The summed E-state index contributed by atoms with van der Waals surface area (Å²) in [5.74, 6) is 1.18. The second kappa shape index (κ2) is 5.02. The first-order chi connectivity index (χ1) is 9.76. The molecule has 0 fully saturated rings. The molecule has 96 valence electrons. The minimum atomic E-state index is 0.526. The third kappa shape index (κ3) is 2.32. The molecule has 0 aliphatic carbocycles. The zero-order chi connectivity index (χ0) is 13.9. The van der Waals surface area contributed by atoms with Gasteiger partial charge in [0, 0.05) is 5.39 Å². The van der Waals surface area contributed by atoms with E-state index in [9.17, 15) is 0 Å². The molecule has 20 heavy (non-hydrogen) atoms. The van der Waals surface area contributed by atoms with Crippen LogP contribution in [0.5, 0.6) is 11.5 Å². The molecular formula is C17H12N2O. The average molecular weight is 260 g/mol. The number of ether oxygens (including phenoxy) is 1. The molecule has 0 saturated carbocycles. The van der Waals surface area contributed by atoms with E-state index < -0.39 is 0 Å². The van der Waals surface area contributed by atoms with Gasteiger partial charge < -0.3 is 4.74 Å². The quantitative estimate of drug-likeness (QED) is 0.693. The third-order valence-corrected chi connectivity index (χ3v) is 3.05. The lowest BCUT2D eigenvalue weighted by molar-refractivity contribution is 0.479. The summed E-state index contributed by atoms with van der Waals surface area (Å²) in [4.78, 5) is 4.34. The second-order valence-electron chi connectivity index (χ2n) is 4.58. The van der Waals surface area contributed by atoms with Gasteiger partial charge in [0.25, 0.3) is 0 Å². The van der Waals surface area contributed by atoms with Gasteiger partial charge in [0.15, 0.2) is 0 Å². The average Bonchev–Trinajstić information content (AvgIpc) is 2.49. The molecule has 3 rings (SSSR count). The minimum absolute atomic E-state index is 0.526. The van der Waals surface area contributed by atoms with E-state index in [2.05, 4.69) is 11.1 Å². The van der Waals surface area contributed by atoms with Crippen molar-refractivity contribution in [3.05, 3.63) is 65.9 Å². The SMILES string of the molecule is Cc1ccc(Oc2cnc3ccccc3c2)c(C#N)c1. The first kappa shape index (κ1) is 12.2. The molecule has 1 aromatic heterocycles. The topological polar surface area (TPSA) is 45.9 Å². The maximum Gasteiger partial charge on any atom is 0.146 e. The Kier molecular flexibility index (Phi) is 3.06. The van der Waals surface area contributed by atoms with Crippen LogP contribution in [0.1, 0.15) is 11.1 Å². The van der Waals surface area contributed by atoms with Crippen molar-refractivity contribution in [3.8, 4) is 17.6 Å². The highest BCUT2D eigenvalue weighted by Crippen LogP contribution is 2.27. The van der Waals surface area contributed by atoms with E-state index in [0.717, 1.165) is 16.5 Å². The number of hydrogen-bond acceptors (Lipinski definition) is 3. The number of rotatable bonds is 2. The number of para-hydroxylation sites is 1. The highest BCUT2D eigenvalue weighted by atomic mass is 16.5. The molecule has 0 N–H and O–H groups in total. The van der Waals surface area contributed by atoms with Gasteiger partial charge in [0.05, 0.1) is 17.3 Å². The van der Waals surface area contributed by atoms with Gasteiger partial charge >= 0.3 is 0 Å². The number of fused-ring (bicyclic) bond motifs is 1. The first-order valence-corrected chi connectivity index (χ1v) is 6.30. The largest absolute Gasteiger partial charge is 0.454 e. The summed E-state index contributed by atoms with van der Waals surface area (Å²) in [5, 5.41) is 10.2. The number of aromatic nitrogens is 1. The van der Waals surface area contributed by atoms with Crippen LogP contribution in [0.3, 0.4) is 0 Å². The molecule has 0 aliphatic rings. The van der Waals surface area contributed by atoms with E-state index in [1.165, 1.54) is 0 Å². The third-order valence-electron chi connectivity index (χ3n) is 3.05. The van der Waals surface area contributed by atoms with Gasteiger partial charge in [-0.3, -0.25) is 4.98 Å². The number of benzene rings is 2. The molecular weight excluding hydrogens is 248 g/mol. The van der Waals surface area contributed by atoms with Crippen LogP contribution in [-0.4, -0.2) is 4.98 Å². The van der Waals surface area contributed by atoms with Crippen molar-refractivity contribution < 1.29 is 4.74 Å². The lowest BCUT2D eigenvalue weighted by atomic mass is 10.1. The van der Waals surface area contributed by atoms with Crippen LogP contribution in [-0.2, 0) is 0 Å². The Morgan fingerprint density at radius 3 is 2.80 bits per heavy atom. The van der Waals surface area contributed by atoms with Gasteiger partial charge in [0.1, 0.15) is 17.6 Å². The van der Waals surface area contributed by atoms with Gasteiger partial charge in [-0.1, -0.05) is 24.3 Å². The Hall–Kier alpha value is -2.86. The molecule has 0 amide bonds. The molecule has 0 atom stereocenters. The number of pyridine rings is 1. The Balaban J connectivity index is 1.99. The zero-order valence-corrected chi connectivity index (χ0v) is 11.0. The second-order valence-corrected chi connectivity index (χ2v) is 4.58. The summed E-state index contributed by atoms with van der Waals surface area (Å²) >= 11 is 0. The van der Waals surface area contributed by atoms with Crippen LogP contribution in [0, 0.1) is 18.3 Å². The predicted octanol–water partition coefficient (Wildman–Crippen LogP) is 4.21. The molecule has 1 heterocycles. The van der Waals surface area contributed by atoms with Gasteiger partial charge in [-0.15, -0.1) is 0 Å². The summed E-state index contributed by atoms with van der Waals surface area (Å²) in [6.45, 7) is 1.95. The Labute approximate surface area is 117 Å². The summed E-state index contributed by atoms with van der Waals surface area (Å²) in [6, 6.07) is 17.4.